The third-order valence-corrected chi connectivity index (χ3v) is 3.54. The zero-order valence-corrected chi connectivity index (χ0v) is 13.6. The molecular formula is C19H16N4O2. The number of nitrogens with two attached hydrogens (primary N) is 1. The quantitative estimate of drug-likeness (QED) is 0.713. The molecule has 3 aromatic rings. The van der Waals surface area contributed by atoms with Crippen molar-refractivity contribution in [3.05, 3.63) is 60.5 Å². The molecule has 6 heteroatoms. The summed E-state index contributed by atoms with van der Waals surface area (Å²) in [5.41, 5.74) is 8.23. The normalized spacial score (nSPS) is 10.7. The number of anilines is 1. The first-order valence-corrected chi connectivity index (χ1v) is 7.67. The van der Waals surface area contributed by atoms with Crippen LogP contribution >= 0.6 is 0 Å². The summed E-state index contributed by atoms with van der Waals surface area (Å²) in [6.45, 7) is 2.39. The van der Waals surface area contributed by atoms with Crippen molar-refractivity contribution in [2.75, 3.05) is 12.3 Å². The van der Waals surface area contributed by atoms with Gasteiger partial charge in [-0.1, -0.05) is 12.2 Å². The van der Waals surface area contributed by atoms with Gasteiger partial charge >= 0.3 is 0 Å². The van der Waals surface area contributed by atoms with Crippen molar-refractivity contribution >= 4 is 5.82 Å². The first-order valence-electron chi connectivity index (χ1n) is 7.67. The summed E-state index contributed by atoms with van der Waals surface area (Å²) in [6, 6.07) is 10.9. The molecule has 0 spiro atoms. The smallest absolute Gasteiger partial charge is 0.213 e. The van der Waals surface area contributed by atoms with Crippen LogP contribution in [-0.4, -0.2) is 16.6 Å². The highest BCUT2D eigenvalue weighted by Gasteiger charge is 2.16. The Balaban J connectivity index is 2.02. The highest BCUT2D eigenvalue weighted by atomic mass is 16.5. The maximum atomic E-state index is 9.24. The molecule has 0 aromatic carbocycles. The number of nitrogen functional groups attached to an aromatic ring is 1. The summed E-state index contributed by atoms with van der Waals surface area (Å²) in [5, 5.41) is 9.24. The van der Waals surface area contributed by atoms with Gasteiger partial charge in [0.05, 0.1) is 11.8 Å². The second kappa shape index (κ2) is 7.32. The van der Waals surface area contributed by atoms with Crippen molar-refractivity contribution in [3.63, 3.8) is 0 Å². The van der Waals surface area contributed by atoms with Crippen LogP contribution in [0.3, 0.4) is 0 Å². The monoisotopic (exact) mass is 332 g/mol. The Morgan fingerprint density at radius 1 is 1.36 bits per heavy atom. The minimum atomic E-state index is 0.164. The molecule has 25 heavy (non-hydrogen) atoms. The van der Waals surface area contributed by atoms with Crippen LogP contribution in [0.15, 0.2) is 59.4 Å². The molecule has 6 nitrogen and oxygen atoms in total. The van der Waals surface area contributed by atoms with Gasteiger partial charge in [-0.3, -0.25) is 0 Å². The summed E-state index contributed by atoms with van der Waals surface area (Å²) in [4.78, 5) is 8.64. The van der Waals surface area contributed by atoms with Crippen molar-refractivity contribution in [1.29, 1.82) is 5.26 Å². The molecule has 0 fully saturated rings. The number of aromatic nitrogens is 2. The van der Waals surface area contributed by atoms with Gasteiger partial charge in [-0.05, 0) is 31.2 Å². The largest absolute Gasteiger partial charge is 0.473 e. The van der Waals surface area contributed by atoms with E-state index in [-0.39, 0.29) is 5.82 Å². The molecule has 3 aromatic heterocycles. The Hall–Kier alpha value is -3.59. The average Bonchev–Trinajstić information content (AvgIpc) is 3.17. The minimum absolute atomic E-state index is 0.164. The van der Waals surface area contributed by atoms with Gasteiger partial charge in [0.25, 0.3) is 0 Å². The number of nitrogens with zero attached hydrogens (tertiary/aromatic N) is 3. The zero-order chi connectivity index (χ0) is 17.6. The van der Waals surface area contributed by atoms with E-state index >= 15 is 0 Å². The van der Waals surface area contributed by atoms with Crippen LogP contribution in [0.5, 0.6) is 5.88 Å². The topological polar surface area (TPSA) is 98.0 Å². The second-order valence-electron chi connectivity index (χ2n) is 5.17. The fraction of sp³-hybridized carbons (Fsp3) is 0.105. The Morgan fingerprint density at radius 2 is 2.24 bits per heavy atom. The Kier molecular flexibility index (Phi) is 4.77. The maximum Gasteiger partial charge on any atom is 0.213 e. The number of hydrogen-bond donors (Lipinski definition) is 1. The summed E-state index contributed by atoms with van der Waals surface area (Å²) < 4.78 is 10.9. The predicted molar refractivity (Wildman–Crippen MR) is 94.6 cm³/mol. The molecule has 0 saturated carbocycles. The highest BCUT2D eigenvalue weighted by Crippen LogP contribution is 2.33. The molecule has 3 rings (SSSR count). The lowest BCUT2D eigenvalue weighted by Gasteiger charge is -2.10. The minimum Gasteiger partial charge on any atom is -0.473 e. The van der Waals surface area contributed by atoms with Gasteiger partial charge in [-0.25, -0.2) is 9.97 Å². The molecule has 2 N–H and O–H groups in total. The van der Waals surface area contributed by atoms with Crippen LogP contribution in [0, 0.1) is 11.3 Å². The van der Waals surface area contributed by atoms with Crippen LogP contribution in [0.4, 0.5) is 5.82 Å². The zero-order valence-electron chi connectivity index (χ0n) is 13.6. The van der Waals surface area contributed by atoms with E-state index in [2.05, 4.69) is 16.0 Å². The molecule has 0 aliphatic carbocycles. The summed E-state index contributed by atoms with van der Waals surface area (Å²) in [6.07, 6.45) is 7.04. The van der Waals surface area contributed by atoms with Crippen LogP contribution in [0.2, 0.25) is 0 Å². The maximum absolute atomic E-state index is 9.24. The number of allylic oxidation sites excluding steroid dienone is 1. The van der Waals surface area contributed by atoms with Crippen LogP contribution in [-0.2, 0) is 0 Å². The van der Waals surface area contributed by atoms with Crippen molar-refractivity contribution in [3.8, 4) is 34.5 Å². The fourth-order valence-corrected chi connectivity index (χ4v) is 2.29. The van der Waals surface area contributed by atoms with Crippen molar-refractivity contribution in [2.24, 2.45) is 0 Å². The third kappa shape index (κ3) is 3.51. The molecular weight excluding hydrogens is 316 g/mol. The standard InChI is InChI=1S/C19H16N4O2/c1-2-3-8-25-17-7-6-13(12-22-17)15-10-14(11-20)19(21)23-18(15)16-5-4-9-24-16/h2-7,9-10,12H,8H2,1H3,(H2,21,23). The molecule has 0 amide bonds. The lowest BCUT2D eigenvalue weighted by Crippen LogP contribution is -2.00. The second-order valence-corrected chi connectivity index (χ2v) is 5.17. The first kappa shape index (κ1) is 16.3. The third-order valence-electron chi connectivity index (χ3n) is 3.54. The number of rotatable bonds is 5. The first-order chi connectivity index (χ1) is 12.2. The van der Waals surface area contributed by atoms with Gasteiger partial charge in [-0.15, -0.1) is 0 Å². The molecule has 0 saturated heterocycles. The van der Waals surface area contributed by atoms with E-state index in [0.717, 1.165) is 5.56 Å². The lowest BCUT2D eigenvalue weighted by atomic mass is 10.0. The van der Waals surface area contributed by atoms with Crippen molar-refractivity contribution in [2.45, 2.75) is 6.92 Å². The predicted octanol–water partition coefficient (Wildman–Crippen LogP) is 3.81. The number of ether oxygens (including phenoxy) is 1. The van der Waals surface area contributed by atoms with Gasteiger partial charge in [0, 0.05) is 23.4 Å². The average molecular weight is 332 g/mol. The highest BCUT2D eigenvalue weighted by molar-refractivity contribution is 5.81. The number of nitriles is 1. The van der Waals surface area contributed by atoms with E-state index in [4.69, 9.17) is 14.9 Å². The van der Waals surface area contributed by atoms with E-state index in [1.807, 2.05) is 25.1 Å². The van der Waals surface area contributed by atoms with Gasteiger partial charge in [0.15, 0.2) is 5.76 Å². The van der Waals surface area contributed by atoms with Crippen molar-refractivity contribution in [1.82, 2.24) is 9.97 Å². The van der Waals surface area contributed by atoms with Crippen LogP contribution in [0.1, 0.15) is 12.5 Å². The molecule has 0 bridgehead atoms. The van der Waals surface area contributed by atoms with Gasteiger partial charge in [0.1, 0.15) is 24.2 Å². The molecule has 0 unspecified atom stereocenters. The van der Waals surface area contributed by atoms with Gasteiger partial charge in [0.2, 0.25) is 5.88 Å². The number of pyridine rings is 2. The Bertz CT molecular complexity index is 923. The number of hydrogen-bond acceptors (Lipinski definition) is 6. The molecule has 3 heterocycles. The SMILES string of the molecule is CC=CCOc1ccc(-c2cc(C#N)c(N)nc2-c2ccco2)cn1. The Labute approximate surface area is 145 Å². The van der Waals surface area contributed by atoms with Crippen LogP contribution in [0.25, 0.3) is 22.6 Å². The van der Waals surface area contributed by atoms with Gasteiger partial charge < -0.3 is 14.9 Å². The van der Waals surface area contributed by atoms with Gasteiger partial charge in [-0.2, -0.15) is 5.26 Å². The van der Waals surface area contributed by atoms with E-state index in [9.17, 15) is 5.26 Å². The van der Waals surface area contributed by atoms with Crippen LogP contribution < -0.4 is 10.5 Å². The fourth-order valence-electron chi connectivity index (χ4n) is 2.29. The summed E-state index contributed by atoms with van der Waals surface area (Å²) in [7, 11) is 0. The molecule has 124 valence electrons. The molecule has 0 aliphatic heterocycles. The van der Waals surface area contributed by atoms with E-state index in [1.165, 1.54) is 0 Å². The Morgan fingerprint density at radius 3 is 2.88 bits per heavy atom. The van der Waals surface area contributed by atoms with E-state index in [0.29, 0.717) is 35.1 Å². The molecule has 0 radical (unpaired) electrons. The van der Waals surface area contributed by atoms with Crippen molar-refractivity contribution < 1.29 is 9.15 Å². The summed E-state index contributed by atoms with van der Waals surface area (Å²) >= 11 is 0. The summed E-state index contributed by atoms with van der Waals surface area (Å²) in [5.74, 6) is 1.25. The molecule has 0 aliphatic rings. The van der Waals surface area contributed by atoms with E-state index in [1.54, 1.807) is 36.7 Å². The van der Waals surface area contributed by atoms with E-state index < -0.39 is 0 Å². The lowest BCUT2D eigenvalue weighted by molar-refractivity contribution is 0.348. The molecule has 0 atom stereocenters. The number of furan rings is 1.